The number of ketones is 1. The zero-order valence-electron chi connectivity index (χ0n) is 15.6. The lowest BCUT2D eigenvalue weighted by Gasteiger charge is -2.61. The fraction of sp³-hybridized carbons (Fsp3) is 0.952. The van der Waals surface area contributed by atoms with E-state index >= 15 is 4.39 Å². The van der Waals surface area contributed by atoms with Crippen LogP contribution < -0.4 is 0 Å². The van der Waals surface area contributed by atoms with Crippen LogP contribution in [0.2, 0.25) is 0 Å². The zero-order valence-corrected chi connectivity index (χ0v) is 15.6. The largest absolute Gasteiger partial charge is 0.393 e. The predicted octanol–water partition coefficient (Wildman–Crippen LogP) is 3.52. The van der Waals surface area contributed by atoms with Crippen LogP contribution in [0.15, 0.2) is 0 Å². The number of carbonyl (C=O) groups excluding carboxylic acids is 1. The number of Topliss-reactive ketones (excluding diaryl/α,β-unsaturated/α-hetero) is 1. The average molecular weight is 352 g/mol. The van der Waals surface area contributed by atoms with E-state index in [1.54, 1.807) is 0 Å². The van der Waals surface area contributed by atoms with Crippen molar-refractivity contribution in [2.75, 3.05) is 6.61 Å². The van der Waals surface area contributed by atoms with E-state index in [9.17, 15) is 15.0 Å². The molecule has 0 aromatic rings. The highest BCUT2D eigenvalue weighted by atomic mass is 19.1. The highest BCUT2D eigenvalue weighted by Crippen LogP contribution is 2.68. The van der Waals surface area contributed by atoms with Crippen molar-refractivity contribution in [1.29, 1.82) is 0 Å². The van der Waals surface area contributed by atoms with Gasteiger partial charge in [0.25, 0.3) is 0 Å². The average Bonchev–Trinajstić information content (AvgIpc) is 2.95. The van der Waals surface area contributed by atoms with E-state index in [1.807, 2.05) is 6.92 Å². The van der Waals surface area contributed by atoms with Crippen molar-refractivity contribution in [2.24, 2.45) is 40.4 Å². The van der Waals surface area contributed by atoms with Gasteiger partial charge in [0, 0.05) is 11.3 Å². The van der Waals surface area contributed by atoms with Crippen molar-refractivity contribution in [3.8, 4) is 0 Å². The van der Waals surface area contributed by atoms with Crippen LogP contribution in [0.1, 0.15) is 65.2 Å². The normalized spacial score (nSPS) is 55.2. The number of alkyl halides is 1. The fourth-order valence-electron chi connectivity index (χ4n) is 7.79. The maximum Gasteiger partial charge on any atom is 0.161 e. The molecule has 25 heavy (non-hydrogen) atoms. The molecule has 4 aliphatic carbocycles. The first kappa shape index (κ1) is 17.9. The summed E-state index contributed by atoms with van der Waals surface area (Å²) in [7, 11) is 0. The van der Waals surface area contributed by atoms with E-state index in [1.165, 1.54) is 0 Å². The third kappa shape index (κ3) is 2.39. The van der Waals surface area contributed by atoms with Crippen LogP contribution in [0.3, 0.4) is 0 Å². The Hall–Kier alpha value is -0.480. The van der Waals surface area contributed by atoms with Crippen molar-refractivity contribution < 1.29 is 19.4 Å². The second kappa shape index (κ2) is 6.02. The molecule has 0 unspecified atom stereocenters. The molecule has 4 heteroatoms. The highest BCUT2D eigenvalue weighted by molar-refractivity contribution is 5.83. The molecule has 9 atom stereocenters. The molecule has 0 aromatic heterocycles. The summed E-state index contributed by atoms with van der Waals surface area (Å²) < 4.78 is 15.6. The molecule has 4 aliphatic rings. The number of halogens is 1. The Morgan fingerprint density at radius 3 is 2.56 bits per heavy atom. The number of aliphatic hydroxyl groups is 2. The lowest BCUT2D eigenvalue weighted by Crippen LogP contribution is -2.58. The molecule has 0 radical (unpaired) electrons. The molecule has 0 heterocycles. The maximum absolute atomic E-state index is 15.6. The van der Waals surface area contributed by atoms with Crippen LogP contribution in [-0.2, 0) is 4.79 Å². The number of hydrogen-bond donors (Lipinski definition) is 2. The number of hydrogen-bond acceptors (Lipinski definition) is 3. The number of aliphatic hydroxyl groups excluding tert-OH is 2. The minimum absolute atomic E-state index is 0.146. The summed E-state index contributed by atoms with van der Waals surface area (Å²) in [6.45, 7) is 3.88. The first-order chi connectivity index (χ1) is 11.8. The summed E-state index contributed by atoms with van der Waals surface area (Å²) in [6.07, 6.45) is 6.09. The van der Waals surface area contributed by atoms with Crippen LogP contribution in [0.5, 0.6) is 0 Å². The van der Waals surface area contributed by atoms with Crippen LogP contribution in [0, 0.1) is 40.4 Å². The van der Waals surface area contributed by atoms with Gasteiger partial charge in [-0.3, -0.25) is 4.79 Å². The number of carbonyl (C=O) groups is 1. The molecular formula is C21H33FO3. The fourth-order valence-corrected chi connectivity index (χ4v) is 7.79. The number of rotatable bonds is 2. The van der Waals surface area contributed by atoms with Crippen LogP contribution in [0.4, 0.5) is 4.39 Å². The minimum Gasteiger partial charge on any atom is -0.393 e. The minimum atomic E-state index is -0.954. The highest BCUT2D eigenvalue weighted by Gasteiger charge is 2.64. The third-order valence-corrected chi connectivity index (χ3v) is 9.23. The van der Waals surface area contributed by atoms with Crippen molar-refractivity contribution in [3.63, 3.8) is 0 Å². The Bertz CT molecular complexity index is 551. The molecule has 0 saturated heterocycles. The van der Waals surface area contributed by atoms with Gasteiger partial charge in [-0.25, -0.2) is 4.39 Å². The molecule has 142 valence electrons. The van der Waals surface area contributed by atoms with E-state index in [4.69, 9.17) is 0 Å². The Kier molecular flexibility index (Phi) is 4.31. The molecule has 0 spiro atoms. The lowest BCUT2D eigenvalue weighted by molar-refractivity contribution is -0.160. The summed E-state index contributed by atoms with van der Waals surface area (Å²) >= 11 is 0. The summed E-state index contributed by atoms with van der Waals surface area (Å²) in [5, 5.41) is 19.4. The molecule has 0 bridgehead atoms. The summed E-state index contributed by atoms with van der Waals surface area (Å²) in [5.41, 5.74) is -0.439. The van der Waals surface area contributed by atoms with E-state index in [0.717, 1.165) is 44.9 Å². The molecule has 0 aromatic carbocycles. The van der Waals surface area contributed by atoms with Gasteiger partial charge in [-0.05, 0) is 80.5 Å². The molecule has 0 aliphatic heterocycles. The van der Waals surface area contributed by atoms with Crippen LogP contribution in [-0.4, -0.2) is 34.9 Å². The maximum atomic E-state index is 15.6. The van der Waals surface area contributed by atoms with Gasteiger partial charge in [-0.2, -0.15) is 0 Å². The van der Waals surface area contributed by atoms with Gasteiger partial charge in [0.15, 0.2) is 5.78 Å². The summed E-state index contributed by atoms with van der Waals surface area (Å²) in [5.74, 6) is 1.21. The molecule has 0 amide bonds. The van der Waals surface area contributed by atoms with Gasteiger partial charge < -0.3 is 10.2 Å². The van der Waals surface area contributed by atoms with Gasteiger partial charge in [0.1, 0.15) is 12.8 Å². The van der Waals surface area contributed by atoms with Crippen molar-refractivity contribution in [2.45, 2.75) is 77.5 Å². The smallest absolute Gasteiger partial charge is 0.161 e. The van der Waals surface area contributed by atoms with Gasteiger partial charge in [-0.1, -0.05) is 13.8 Å². The predicted molar refractivity (Wildman–Crippen MR) is 93.6 cm³/mol. The Morgan fingerprint density at radius 2 is 1.84 bits per heavy atom. The summed E-state index contributed by atoms with van der Waals surface area (Å²) in [6, 6.07) is 0. The molecule has 4 fully saturated rings. The second-order valence-electron chi connectivity index (χ2n) is 9.91. The van der Waals surface area contributed by atoms with E-state index in [0.29, 0.717) is 24.2 Å². The van der Waals surface area contributed by atoms with Gasteiger partial charge in [-0.15, -0.1) is 0 Å². The molecular weight excluding hydrogens is 319 g/mol. The Morgan fingerprint density at radius 1 is 1.08 bits per heavy atom. The van der Waals surface area contributed by atoms with Gasteiger partial charge >= 0.3 is 0 Å². The molecule has 2 N–H and O–H groups in total. The zero-order chi connectivity index (χ0) is 18.0. The van der Waals surface area contributed by atoms with Crippen LogP contribution in [0.25, 0.3) is 0 Å². The Balaban J connectivity index is 1.65. The lowest BCUT2D eigenvalue weighted by atomic mass is 9.44. The first-order valence-corrected chi connectivity index (χ1v) is 10.3. The first-order valence-electron chi connectivity index (χ1n) is 10.3. The summed E-state index contributed by atoms with van der Waals surface area (Å²) in [4.78, 5) is 12.3. The number of fused-ring (bicyclic) bond motifs is 5. The van der Waals surface area contributed by atoms with Gasteiger partial charge in [0.05, 0.1) is 6.10 Å². The monoisotopic (exact) mass is 352 g/mol. The van der Waals surface area contributed by atoms with Crippen molar-refractivity contribution in [3.05, 3.63) is 0 Å². The van der Waals surface area contributed by atoms with Crippen molar-refractivity contribution >= 4 is 5.78 Å². The topological polar surface area (TPSA) is 57.5 Å². The van der Waals surface area contributed by atoms with E-state index in [2.05, 4.69) is 6.92 Å². The molecule has 4 saturated carbocycles. The van der Waals surface area contributed by atoms with Crippen molar-refractivity contribution in [1.82, 2.24) is 0 Å². The van der Waals surface area contributed by atoms with Crippen LogP contribution >= 0.6 is 0 Å². The quantitative estimate of drug-likeness (QED) is 0.799. The third-order valence-electron chi connectivity index (χ3n) is 9.23. The standard InChI is InChI=1S/C21H33FO3/c1-20-8-7-13(24)9-12(20)3-4-14-15-5-6-16(18(25)11-23)21(15,2)19(22)10-17(14)20/h12-17,19,23-24H,3-11H2,1-2H3/t12-,13-,14+,15+,16-,17+,19+,20+,21+/m1/s1. The molecule has 3 nitrogen and oxygen atoms in total. The second-order valence-corrected chi connectivity index (χ2v) is 9.91. The van der Waals surface area contributed by atoms with E-state index in [-0.39, 0.29) is 29.1 Å². The Labute approximate surface area is 150 Å². The van der Waals surface area contributed by atoms with Gasteiger partial charge in [0.2, 0.25) is 0 Å². The molecule has 4 rings (SSSR count). The SMILES string of the molecule is C[C@]12CC[C@@H](O)C[C@H]1CC[C@@H]1[C@@H]2C[C@H](F)[C@]2(C)[C@@H](C(=O)CO)CC[C@@H]12. The van der Waals surface area contributed by atoms with E-state index < -0.39 is 18.2 Å².